The molecule has 0 aliphatic rings. The number of rotatable bonds is 5. The summed E-state index contributed by atoms with van der Waals surface area (Å²) in [5.74, 6) is 0.599. The van der Waals surface area contributed by atoms with Crippen LogP contribution in [0.5, 0.6) is 5.75 Å². The van der Waals surface area contributed by atoms with Crippen LogP contribution >= 0.6 is 27.3 Å². The quantitative estimate of drug-likeness (QED) is 0.833. The predicted molar refractivity (Wildman–Crippen MR) is 86.9 cm³/mol. The number of carbonyl (C=O) groups is 1. The van der Waals surface area contributed by atoms with E-state index in [1.54, 1.807) is 6.07 Å². The number of amides is 1. The fourth-order valence-corrected chi connectivity index (χ4v) is 2.97. The van der Waals surface area contributed by atoms with E-state index < -0.39 is 0 Å². The van der Waals surface area contributed by atoms with Gasteiger partial charge in [0.05, 0.1) is 21.0 Å². The van der Waals surface area contributed by atoms with Gasteiger partial charge in [-0.1, -0.05) is 13.0 Å². The summed E-state index contributed by atoms with van der Waals surface area (Å²) in [5.41, 5.74) is 1.81. The molecule has 0 atom stereocenters. The monoisotopic (exact) mass is 353 g/mol. The number of thiophene rings is 1. The Bertz CT molecular complexity index is 610. The van der Waals surface area contributed by atoms with Crippen molar-refractivity contribution >= 4 is 38.9 Å². The molecule has 0 unspecified atom stereocenters. The zero-order chi connectivity index (χ0) is 14.5. The Morgan fingerprint density at radius 1 is 1.35 bits per heavy atom. The van der Waals surface area contributed by atoms with E-state index >= 15 is 0 Å². The van der Waals surface area contributed by atoms with Crippen LogP contribution in [0.25, 0.3) is 0 Å². The second-order valence-corrected chi connectivity index (χ2v) is 6.87. The molecule has 1 heterocycles. The summed E-state index contributed by atoms with van der Waals surface area (Å²) < 4.78 is 6.63. The number of ether oxygens (including phenoxy) is 1. The highest BCUT2D eigenvalue weighted by molar-refractivity contribution is 9.11. The third-order valence-electron chi connectivity index (χ3n) is 2.64. The summed E-state index contributed by atoms with van der Waals surface area (Å²) in [6.45, 7) is 4.69. The molecule has 0 fully saturated rings. The average molecular weight is 354 g/mol. The van der Waals surface area contributed by atoms with Gasteiger partial charge in [0, 0.05) is 0 Å². The molecule has 5 heteroatoms. The first-order chi connectivity index (χ1) is 9.60. The lowest BCUT2D eigenvalue weighted by atomic mass is 10.2. The number of benzene rings is 1. The van der Waals surface area contributed by atoms with Gasteiger partial charge in [0.1, 0.15) is 5.75 Å². The summed E-state index contributed by atoms with van der Waals surface area (Å²) in [6.07, 6.45) is 0.930. The van der Waals surface area contributed by atoms with Crippen LogP contribution in [0.1, 0.15) is 28.6 Å². The summed E-state index contributed by atoms with van der Waals surface area (Å²) in [7, 11) is 0. The minimum Gasteiger partial charge on any atom is -0.491 e. The normalized spacial score (nSPS) is 10.3. The van der Waals surface area contributed by atoms with Crippen LogP contribution in [0, 0.1) is 6.92 Å². The molecule has 1 aromatic heterocycles. The van der Waals surface area contributed by atoms with Crippen molar-refractivity contribution in [1.82, 2.24) is 0 Å². The van der Waals surface area contributed by atoms with Crippen LogP contribution < -0.4 is 10.1 Å². The van der Waals surface area contributed by atoms with E-state index in [1.165, 1.54) is 11.3 Å². The largest absolute Gasteiger partial charge is 0.491 e. The number of nitrogens with one attached hydrogen (secondary N) is 1. The molecule has 0 spiro atoms. The van der Waals surface area contributed by atoms with Gasteiger partial charge in [-0.15, -0.1) is 11.3 Å². The van der Waals surface area contributed by atoms with Crippen LogP contribution in [0.3, 0.4) is 0 Å². The molecule has 20 heavy (non-hydrogen) atoms. The lowest BCUT2D eigenvalue weighted by Gasteiger charge is -2.12. The predicted octanol–water partition coefficient (Wildman–Crippen LogP) is 4.86. The summed E-state index contributed by atoms with van der Waals surface area (Å²) in [6, 6.07) is 9.43. The minimum atomic E-state index is -0.120. The molecule has 0 aliphatic heterocycles. The highest BCUT2D eigenvalue weighted by Gasteiger charge is 2.12. The third-order valence-corrected chi connectivity index (χ3v) is 4.27. The fraction of sp³-hybridized carbons (Fsp3) is 0.267. The van der Waals surface area contributed by atoms with Gasteiger partial charge in [-0.2, -0.15) is 0 Å². The Morgan fingerprint density at radius 2 is 2.15 bits per heavy atom. The van der Waals surface area contributed by atoms with Crippen LogP contribution in [-0.2, 0) is 0 Å². The molecule has 0 saturated carbocycles. The molecule has 1 aromatic carbocycles. The molecule has 0 aliphatic carbocycles. The lowest BCUT2D eigenvalue weighted by Crippen LogP contribution is -2.11. The van der Waals surface area contributed by atoms with E-state index in [0.29, 0.717) is 17.2 Å². The lowest BCUT2D eigenvalue weighted by molar-refractivity contribution is 0.103. The Morgan fingerprint density at radius 3 is 2.80 bits per heavy atom. The van der Waals surface area contributed by atoms with Crippen molar-refractivity contribution in [3.8, 4) is 5.75 Å². The zero-order valence-corrected chi connectivity index (χ0v) is 13.8. The van der Waals surface area contributed by atoms with Crippen molar-refractivity contribution in [2.45, 2.75) is 20.3 Å². The average Bonchev–Trinajstić information content (AvgIpc) is 2.85. The van der Waals surface area contributed by atoms with E-state index in [-0.39, 0.29) is 5.91 Å². The zero-order valence-electron chi connectivity index (χ0n) is 11.4. The van der Waals surface area contributed by atoms with Gasteiger partial charge in [-0.25, -0.2) is 0 Å². The first-order valence-corrected chi connectivity index (χ1v) is 8.01. The maximum absolute atomic E-state index is 12.2. The molecule has 3 nitrogen and oxygen atoms in total. The first kappa shape index (κ1) is 15.1. The van der Waals surface area contributed by atoms with E-state index in [0.717, 1.165) is 21.5 Å². The SMILES string of the molecule is CCCOc1cc(C)ccc1NC(=O)c1ccc(Br)s1. The van der Waals surface area contributed by atoms with Gasteiger partial charge in [0.15, 0.2) is 0 Å². The van der Waals surface area contributed by atoms with Gasteiger partial charge >= 0.3 is 0 Å². The van der Waals surface area contributed by atoms with Crippen molar-refractivity contribution in [1.29, 1.82) is 0 Å². The molecule has 0 radical (unpaired) electrons. The fourth-order valence-electron chi connectivity index (χ4n) is 1.68. The summed E-state index contributed by atoms with van der Waals surface area (Å²) in [5, 5.41) is 2.90. The van der Waals surface area contributed by atoms with E-state index in [9.17, 15) is 4.79 Å². The maximum Gasteiger partial charge on any atom is 0.265 e. The number of hydrogen-bond donors (Lipinski definition) is 1. The van der Waals surface area contributed by atoms with Crippen molar-refractivity contribution in [3.05, 3.63) is 44.6 Å². The highest BCUT2D eigenvalue weighted by Crippen LogP contribution is 2.28. The Hall–Kier alpha value is -1.33. The molecular formula is C15H16BrNO2S. The second kappa shape index (κ2) is 6.90. The minimum absolute atomic E-state index is 0.120. The van der Waals surface area contributed by atoms with Gasteiger partial charge in [-0.05, 0) is 59.1 Å². The van der Waals surface area contributed by atoms with Crippen molar-refractivity contribution < 1.29 is 9.53 Å². The van der Waals surface area contributed by atoms with E-state index in [4.69, 9.17) is 4.74 Å². The Balaban J connectivity index is 2.17. The van der Waals surface area contributed by atoms with Crippen LogP contribution in [0.2, 0.25) is 0 Å². The molecule has 106 valence electrons. The van der Waals surface area contributed by atoms with Gasteiger partial charge < -0.3 is 10.1 Å². The number of aryl methyl sites for hydroxylation is 1. The standard InChI is InChI=1S/C15H16BrNO2S/c1-3-8-19-12-9-10(2)4-5-11(12)17-15(18)13-6-7-14(16)20-13/h4-7,9H,3,8H2,1-2H3,(H,17,18). The molecular weight excluding hydrogens is 338 g/mol. The number of halogens is 1. The van der Waals surface area contributed by atoms with Crippen LogP contribution in [-0.4, -0.2) is 12.5 Å². The molecule has 1 amide bonds. The highest BCUT2D eigenvalue weighted by atomic mass is 79.9. The Kier molecular flexibility index (Phi) is 5.20. The van der Waals surface area contributed by atoms with Gasteiger partial charge in [0.25, 0.3) is 5.91 Å². The number of hydrogen-bond acceptors (Lipinski definition) is 3. The molecule has 0 saturated heterocycles. The first-order valence-electron chi connectivity index (χ1n) is 6.40. The topological polar surface area (TPSA) is 38.3 Å². The number of carbonyl (C=O) groups excluding carboxylic acids is 1. The number of anilines is 1. The van der Waals surface area contributed by atoms with E-state index in [1.807, 2.05) is 31.2 Å². The van der Waals surface area contributed by atoms with Gasteiger partial charge in [0.2, 0.25) is 0 Å². The molecule has 0 bridgehead atoms. The van der Waals surface area contributed by atoms with Crippen LogP contribution in [0.4, 0.5) is 5.69 Å². The maximum atomic E-state index is 12.2. The van der Waals surface area contributed by atoms with Crippen LogP contribution in [0.15, 0.2) is 34.1 Å². The van der Waals surface area contributed by atoms with E-state index in [2.05, 4.69) is 28.2 Å². The van der Waals surface area contributed by atoms with Gasteiger partial charge in [-0.3, -0.25) is 4.79 Å². The summed E-state index contributed by atoms with van der Waals surface area (Å²) in [4.78, 5) is 12.8. The Labute approximate surface area is 131 Å². The molecule has 2 rings (SSSR count). The molecule has 2 aromatic rings. The van der Waals surface area contributed by atoms with Crippen molar-refractivity contribution in [2.75, 3.05) is 11.9 Å². The summed E-state index contributed by atoms with van der Waals surface area (Å²) >= 11 is 4.76. The third kappa shape index (κ3) is 3.84. The van der Waals surface area contributed by atoms with Crippen molar-refractivity contribution in [2.24, 2.45) is 0 Å². The smallest absolute Gasteiger partial charge is 0.265 e. The molecule has 1 N–H and O–H groups in total. The van der Waals surface area contributed by atoms with Crippen molar-refractivity contribution in [3.63, 3.8) is 0 Å². The second-order valence-electron chi connectivity index (χ2n) is 4.41.